The number of aryl methyl sites for hydroxylation is 1. The van der Waals surface area contributed by atoms with Crippen LogP contribution >= 0.6 is 0 Å². The smallest absolute Gasteiger partial charge is 0.162 e. The van der Waals surface area contributed by atoms with Crippen molar-refractivity contribution in [2.75, 3.05) is 14.2 Å². The number of rotatable bonds is 8. The third-order valence-corrected chi connectivity index (χ3v) is 2.75. The van der Waals surface area contributed by atoms with E-state index in [-0.39, 0.29) is 0 Å². The number of allylic oxidation sites excluding steroid dienone is 3. The van der Waals surface area contributed by atoms with Crippen molar-refractivity contribution in [3.8, 4) is 11.5 Å². The molecule has 1 aromatic rings. The predicted octanol–water partition coefficient (Wildman–Crippen LogP) is 4.36. The quantitative estimate of drug-likeness (QED) is 0.529. The fraction of sp³-hybridized carbons (Fsp3) is 0.222. The second kappa shape index (κ2) is 10.8. The molecule has 0 fully saturated rings. The SMILES string of the molecule is C\C=C/C=N\C=C\O/C=C/C=Nc1cc(OC)c(OC)cc1C. The van der Waals surface area contributed by atoms with Crippen molar-refractivity contribution in [3.05, 3.63) is 54.6 Å². The molecule has 0 aliphatic rings. The summed E-state index contributed by atoms with van der Waals surface area (Å²) in [5.41, 5.74) is 1.80. The number of ether oxygens (including phenoxy) is 3. The largest absolute Gasteiger partial charge is 0.493 e. The number of benzene rings is 1. The predicted molar refractivity (Wildman–Crippen MR) is 95.1 cm³/mol. The molecule has 0 saturated heterocycles. The fourth-order valence-corrected chi connectivity index (χ4v) is 1.61. The van der Waals surface area contributed by atoms with Gasteiger partial charge in [-0.2, -0.15) is 0 Å². The van der Waals surface area contributed by atoms with Gasteiger partial charge in [-0.15, -0.1) is 0 Å². The zero-order valence-corrected chi connectivity index (χ0v) is 13.9. The van der Waals surface area contributed by atoms with Crippen LogP contribution in [0, 0.1) is 6.92 Å². The Labute approximate surface area is 137 Å². The molecule has 0 saturated carbocycles. The lowest BCUT2D eigenvalue weighted by atomic mass is 10.2. The molecule has 0 unspecified atom stereocenters. The van der Waals surface area contributed by atoms with Gasteiger partial charge in [0, 0.05) is 18.5 Å². The van der Waals surface area contributed by atoms with E-state index in [1.54, 1.807) is 38.9 Å². The van der Waals surface area contributed by atoms with Gasteiger partial charge in [0.25, 0.3) is 0 Å². The first kappa shape index (κ1) is 18.2. The van der Waals surface area contributed by atoms with E-state index in [1.165, 1.54) is 12.5 Å². The number of hydrogen-bond donors (Lipinski definition) is 0. The topological polar surface area (TPSA) is 52.4 Å². The Balaban J connectivity index is 2.59. The molecule has 0 heterocycles. The van der Waals surface area contributed by atoms with Crippen molar-refractivity contribution in [1.82, 2.24) is 0 Å². The van der Waals surface area contributed by atoms with Crippen molar-refractivity contribution in [2.45, 2.75) is 13.8 Å². The molecule has 0 amide bonds. The summed E-state index contributed by atoms with van der Waals surface area (Å²) in [7, 11) is 3.20. The van der Waals surface area contributed by atoms with E-state index in [0.29, 0.717) is 11.5 Å². The van der Waals surface area contributed by atoms with Gasteiger partial charge in [0.05, 0.1) is 32.4 Å². The van der Waals surface area contributed by atoms with Crippen molar-refractivity contribution < 1.29 is 14.2 Å². The molecule has 1 rings (SSSR count). The Morgan fingerprint density at radius 3 is 2.39 bits per heavy atom. The minimum absolute atomic E-state index is 0.646. The molecule has 0 bridgehead atoms. The maximum absolute atomic E-state index is 5.26. The molecule has 0 N–H and O–H groups in total. The third kappa shape index (κ3) is 6.65. The van der Waals surface area contributed by atoms with Gasteiger partial charge in [0.2, 0.25) is 0 Å². The van der Waals surface area contributed by atoms with Gasteiger partial charge in [-0.3, -0.25) is 9.98 Å². The van der Waals surface area contributed by atoms with E-state index in [9.17, 15) is 0 Å². The highest BCUT2D eigenvalue weighted by Gasteiger charge is 2.06. The highest BCUT2D eigenvalue weighted by atomic mass is 16.5. The van der Waals surface area contributed by atoms with E-state index < -0.39 is 0 Å². The molecule has 0 spiro atoms. The van der Waals surface area contributed by atoms with Crippen LogP contribution in [0.3, 0.4) is 0 Å². The summed E-state index contributed by atoms with van der Waals surface area (Å²) >= 11 is 0. The molecule has 0 aromatic heterocycles. The Hall–Kier alpha value is -2.82. The highest BCUT2D eigenvalue weighted by Crippen LogP contribution is 2.34. The van der Waals surface area contributed by atoms with Crippen LogP contribution in [-0.2, 0) is 4.74 Å². The lowest BCUT2D eigenvalue weighted by Gasteiger charge is -2.09. The summed E-state index contributed by atoms with van der Waals surface area (Å²) in [4.78, 5) is 8.32. The van der Waals surface area contributed by atoms with Gasteiger partial charge in [-0.25, -0.2) is 0 Å². The highest BCUT2D eigenvalue weighted by molar-refractivity contribution is 5.75. The lowest BCUT2D eigenvalue weighted by molar-refractivity contribution is 0.355. The molecule has 23 heavy (non-hydrogen) atoms. The molecule has 5 heteroatoms. The van der Waals surface area contributed by atoms with Crippen molar-refractivity contribution in [3.63, 3.8) is 0 Å². The standard InChI is InChI=1S/C18H22N2O3/c1-5-6-8-19-10-12-23-11-7-9-20-16-14-18(22-4)17(21-3)13-15(16)2/h5-14H,1-4H3/b6-5-,11-7+,12-10+,19-8-,20-9?. The Morgan fingerprint density at radius 1 is 0.957 bits per heavy atom. The number of hydrogen-bond acceptors (Lipinski definition) is 5. The first-order chi connectivity index (χ1) is 11.2. The van der Waals surface area contributed by atoms with Crippen LogP contribution in [-0.4, -0.2) is 26.6 Å². The van der Waals surface area contributed by atoms with Crippen LogP contribution in [0.2, 0.25) is 0 Å². The van der Waals surface area contributed by atoms with Gasteiger partial charge in [0.1, 0.15) is 6.26 Å². The number of methoxy groups -OCH3 is 2. The summed E-state index contributed by atoms with van der Waals surface area (Å²) in [5, 5.41) is 0. The van der Waals surface area contributed by atoms with E-state index in [2.05, 4.69) is 9.98 Å². The molecular weight excluding hydrogens is 292 g/mol. The van der Waals surface area contributed by atoms with Gasteiger partial charge < -0.3 is 14.2 Å². The fourth-order valence-electron chi connectivity index (χ4n) is 1.61. The molecule has 1 aromatic carbocycles. The molecule has 0 aliphatic carbocycles. The minimum Gasteiger partial charge on any atom is -0.493 e. The molecule has 0 aliphatic heterocycles. The molecule has 122 valence electrons. The summed E-state index contributed by atoms with van der Waals surface area (Å²) in [5.74, 6) is 1.33. The second-order valence-electron chi connectivity index (χ2n) is 4.35. The third-order valence-electron chi connectivity index (χ3n) is 2.75. The van der Waals surface area contributed by atoms with E-state index in [4.69, 9.17) is 14.2 Å². The Bertz CT molecular complexity index is 629. The average molecular weight is 314 g/mol. The zero-order chi connectivity index (χ0) is 16.9. The van der Waals surface area contributed by atoms with Crippen LogP contribution in [0.1, 0.15) is 12.5 Å². The van der Waals surface area contributed by atoms with Crippen LogP contribution in [0.15, 0.2) is 59.1 Å². The molecule has 0 atom stereocenters. The normalized spacial score (nSPS) is 12.3. The summed E-state index contributed by atoms with van der Waals surface area (Å²) in [6.07, 6.45) is 13.3. The second-order valence-corrected chi connectivity index (χ2v) is 4.35. The van der Waals surface area contributed by atoms with E-state index >= 15 is 0 Å². The maximum atomic E-state index is 5.26. The van der Waals surface area contributed by atoms with Gasteiger partial charge in [-0.1, -0.05) is 6.08 Å². The van der Waals surface area contributed by atoms with Crippen molar-refractivity contribution in [1.29, 1.82) is 0 Å². The molecule has 5 nitrogen and oxygen atoms in total. The van der Waals surface area contributed by atoms with Crippen molar-refractivity contribution >= 4 is 18.1 Å². The van der Waals surface area contributed by atoms with Crippen LogP contribution in [0.4, 0.5) is 5.69 Å². The van der Waals surface area contributed by atoms with Crippen LogP contribution in [0.25, 0.3) is 0 Å². The first-order valence-corrected chi connectivity index (χ1v) is 7.09. The molecular formula is C18H22N2O3. The van der Waals surface area contributed by atoms with Gasteiger partial charge in [-0.05, 0) is 37.6 Å². The first-order valence-electron chi connectivity index (χ1n) is 7.09. The summed E-state index contributed by atoms with van der Waals surface area (Å²) < 4.78 is 15.6. The maximum Gasteiger partial charge on any atom is 0.162 e. The minimum atomic E-state index is 0.646. The summed E-state index contributed by atoms with van der Waals surface area (Å²) in [6, 6.07) is 3.71. The zero-order valence-electron chi connectivity index (χ0n) is 13.9. The number of nitrogens with zero attached hydrogens (tertiary/aromatic N) is 2. The Kier molecular flexibility index (Phi) is 8.59. The van der Waals surface area contributed by atoms with E-state index in [1.807, 2.05) is 38.1 Å². The number of aliphatic imine (C=N–C) groups is 2. The van der Waals surface area contributed by atoms with Gasteiger partial charge >= 0.3 is 0 Å². The van der Waals surface area contributed by atoms with E-state index in [0.717, 1.165) is 11.3 Å². The van der Waals surface area contributed by atoms with Crippen molar-refractivity contribution in [2.24, 2.45) is 9.98 Å². The molecule has 0 radical (unpaired) electrons. The van der Waals surface area contributed by atoms with Gasteiger partial charge in [0.15, 0.2) is 11.5 Å². The van der Waals surface area contributed by atoms with Crippen LogP contribution < -0.4 is 9.47 Å². The monoisotopic (exact) mass is 314 g/mol. The Morgan fingerprint density at radius 2 is 1.70 bits per heavy atom. The van der Waals surface area contributed by atoms with Crippen LogP contribution in [0.5, 0.6) is 11.5 Å². The lowest BCUT2D eigenvalue weighted by Crippen LogP contribution is -1.91. The average Bonchev–Trinajstić information content (AvgIpc) is 2.57. The summed E-state index contributed by atoms with van der Waals surface area (Å²) in [6.45, 7) is 3.88.